The quantitative estimate of drug-likeness (QED) is 0.709. The van der Waals surface area contributed by atoms with Gasteiger partial charge in [0.05, 0.1) is 10.5 Å². The molecule has 6 nitrogen and oxygen atoms in total. The summed E-state index contributed by atoms with van der Waals surface area (Å²) in [5.41, 5.74) is 0.394. The number of hydrogen-bond donors (Lipinski definition) is 2. The molecule has 0 aromatic heterocycles. The number of nitrogens with zero attached hydrogens (tertiary/aromatic N) is 1. The van der Waals surface area contributed by atoms with Crippen molar-refractivity contribution in [2.45, 2.75) is 30.6 Å². The van der Waals surface area contributed by atoms with Crippen molar-refractivity contribution < 1.29 is 17.6 Å². The summed E-state index contributed by atoms with van der Waals surface area (Å²) < 4.78 is 41.7. The maximum atomic E-state index is 13.4. The van der Waals surface area contributed by atoms with Gasteiger partial charge < -0.3 is 5.32 Å². The molecule has 28 heavy (non-hydrogen) atoms. The Morgan fingerprint density at radius 2 is 1.93 bits per heavy atom. The third kappa shape index (κ3) is 5.17. The van der Waals surface area contributed by atoms with E-state index >= 15 is 0 Å². The van der Waals surface area contributed by atoms with Crippen molar-refractivity contribution in [1.82, 2.24) is 4.72 Å². The van der Waals surface area contributed by atoms with E-state index < -0.39 is 21.7 Å². The number of hydrogen-bond acceptors (Lipinski definition) is 4. The number of benzene rings is 2. The smallest absolute Gasteiger partial charge is 0.262 e. The Morgan fingerprint density at radius 3 is 2.75 bits per heavy atom. The van der Waals surface area contributed by atoms with E-state index in [1.54, 1.807) is 6.07 Å². The molecule has 0 fully saturated rings. The molecule has 148 valence electrons. The lowest BCUT2D eigenvalue weighted by Gasteiger charge is -2.12. The van der Waals surface area contributed by atoms with Crippen molar-refractivity contribution in [3.63, 3.8) is 0 Å². The Kier molecular flexibility index (Phi) is 6.46. The Labute approximate surface area is 171 Å². The van der Waals surface area contributed by atoms with Crippen LogP contribution in [0.15, 0.2) is 56.8 Å². The average Bonchev–Trinajstić information content (AvgIpc) is 2.92. The second-order valence-electron chi connectivity index (χ2n) is 6.35. The maximum Gasteiger partial charge on any atom is 0.262 e. The molecular formula is C19H19BrFN3O3S. The molecule has 2 aromatic rings. The van der Waals surface area contributed by atoms with Gasteiger partial charge in [-0.05, 0) is 65.2 Å². The average molecular weight is 468 g/mol. The highest BCUT2D eigenvalue weighted by Crippen LogP contribution is 2.21. The van der Waals surface area contributed by atoms with Crippen molar-refractivity contribution in [1.29, 1.82) is 0 Å². The van der Waals surface area contributed by atoms with Crippen LogP contribution in [0.2, 0.25) is 0 Å². The van der Waals surface area contributed by atoms with Crippen LogP contribution in [-0.4, -0.2) is 26.7 Å². The molecule has 3 rings (SSSR count). The zero-order valence-electron chi connectivity index (χ0n) is 14.9. The highest BCUT2D eigenvalue weighted by atomic mass is 79.9. The van der Waals surface area contributed by atoms with Gasteiger partial charge in [0.1, 0.15) is 11.7 Å². The van der Waals surface area contributed by atoms with Crippen LogP contribution in [0.4, 0.5) is 10.1 Å². The Balaban J connectivity index is 1.78. The zero-order chi connectivity index (χ0) is 20.1. The summed E-state index contributed by atoms with van der Waals surface area (Å²) in [5, 5.41) is 2.59. The predicted molar refractivity (Wildman–Crippen MR) is 110 cm³/mol. The topological polar surface area (TPSA) is 87.6 Å². The minimum absolute atomic E-state index is 0.00977. The number of nitrogens with one attached hydrogen (secondary N) is 2. The van der Waals surface area contributed by atoms with E-state index in [2.05, 4.69) is 31.0 Å². The van der Waals surface area contributed by atoms with Crippen LogP contribution in [0.5, 0.6) is 0 Å². The summed E-state index contributed by atoms with van der Waals surface area (Å²) in [6.07, 6.45) is 3.44. The van der Waals surface area contributed by atoms with Crippen LogP contribution in [0.1, 0.15) is 36.0 Å². The first-order valence-electron chi connectivity index (χ1n) is 8.78. The molecule has 0 saturated carbocycles. The van der Waals surface area contributed by atoms with Gasteiger partial charge in [-0.25, -0.2) is 12.8 Å². The highest BCUT2D eigenvalue weighted by molar-refractivity contribution is 9.10. The number of carbonyl (C=O) groups excluding carboxylic acids is 1. The van der Waals surface area contributed by atoms with Crippen LogP contribution >= 0.6 is 15.9 Å². The molecule has 0 atom stereocenters. The predicted octanol–water partition coefficient (Wildman–Crippen LogP) is 4.09. The molecule has 0 unspecified atom stereocenters. The van der Waals surface area contributed by atoms with E-state index in [1.165, 1.54) is 30.3 Å². The molecule has 2 N–H and O–H groups in total. The first-order valence-corrected chi connectivity index (χ1v) is 11.1. The van der Waals surface area contributed by atoms with E-state index in [-0.39, 0.29) is 16.1 Å². The van der Waals surface area contributed by atoms with E-state index in [4.69, 9.17) is 0 Å². The summed E-state index contributed by atoms with van der Waals surface area (Å²) in [4.78, 5) is 16.7. The van der Waals surface area contributed by atoms with Crippen molar-refractivity contribution >= 4 is 43.4 Å². The lowest BCUT2D eigenvalue weighted by Crippen LogP contribution is -2.30. The van der Waals surface area contributed by atoms with Crippen LogP contribution in [0, 0.1) is 5.82 Å². The van der Waals surface area contributed by atoms with Crippen molar-refractivity contribution in [2.75, 3.05) is 11.9 Å². The fourth-order valence-corrected chi connectivity index (χ4v) is 4.34. The number of amides is 1. The summed E-state index contributed by atoms with van der Waals surface area (Å²) in [5.74, 6) is -0.643. The van der Waals surface area contributed by atoms with Crippen molar-refractivity contribution in [3.8, 4) is 0 Å². The van der Waals surface area contributed by atoms with E-state index in [9.17, 15) is 17.6 Å². The van der Waals surface area contributed by atoms with Gasteiger partial charge in [-0.3, -0.25) is 14.5 Å². The lowest BCUT2D eigenvalue weighted by atomic mass is 10.2. The summed E-state index contributed by atoms with van der Waals surface area (Å²) in [6.45, 7) is 0.608. The van der Waals surface area contributed by atoms with Crippen LogP contribution in [0.3, 0.4) is 0 Å². The number of rotatable bonds is 4. The zero-order valence-corrected chi connectivity index (χ0v) is 17.3. The van der Waals surface area contributed by atoms with Gasteiger partial charge in [0.15, 0.2) is 0 Å². The molecule has 0 radical (unpaired) electrons. The standard InChI is InChI=1S/C19H19BrFN3O3S/c20-17-9-8-13(21)11-16(17)19(25)23-14-5-4-6-15(12-14)28(26,27)24-18-7-2-1-3-10-22-18/h4-6,8-9,11-12H,1-3,7,10H2,(H,22,24)(H,23,25). The molecule has 0 aliphatic carbocycles. The number of anilines is 1. The fraction of sp³-hybridized carbons (Fsp3) is 0.263. The summed E-state index contributed by atoms with van der Waals surface area (Å²) in [6, 6.07) is 9.65. The molecule has 1 heterocycles. The largest absolute Gasteiger partial charge is 0.322 e. The third-order valence-corrected chi connectivity index (χ3v) is 6.27. The molecule has 2 aromatic carbocycles. The normalized spacial score (nSPS) is 14.7. The molecule has 1 aliphatic heterocycles. The molecule has 0 bridgehead atoms. The molecule has 1 amide bonds. The van der Waals surface area contributed by atoms with Gasteiger partial charge >= 0.3 is 0 Å². The second-order valence-corrected chi connectivity index (χ2v) is 8.89. The van der Waals surface area contributed by atoms with Crippen LogP contribution in [0.25, 0.3) is 0 Å². The number of carbonyl (C=O) groups is 1. The van der Waals surface area contributed by atoms with Crippen LogP contribution in [-0.2, 0) is 10.0 Å². The van der Waals surface area contributed by atoms with Crippen molar-refractivity contribution in [3.05, 3.63) is 58.3 Å². The molecule has 0 saturated heterocycles. The minimum Gasteiger partial charge on any atom is -0.322 e. The Morgan fingerprint density at radius 1 is 1.11 bits per heavy atom. The van der Waals surface area contributed by atoms with Gasteiger partial charge in [0, 0.05) is 23.1 Å². The van der Waals surface area contributed by atoms with Crippen molar-refractivity contribution in [2.24, 2.45) is 4.99 Å². The summed E-state index contributed by atoms with van der Waals surface area (Å²) >= 11 is 3.21. The minimum atomic E-state index is -3.82. The number of aliphatic imine (C=N–C) groups is 1. The van der Waals surface area contributed by atoms with Gasteiger partial charge in [0.2, 0.25) is 0 Å². The highest BCUT2D eigenvalue weighted by Gasteiger charge is 2.18. The first-order chi connectivity index (χ1) is 13.3. The maximum absolute atomic E-state index is 13.4. The molecule has 9 heteroatoms. The number of halogens is 2. The van der Waals surface area contributed by atoms with Gasteiger partial charge in [-0.1, -0.05) is 12.5 Å². The number of sulfonamides is 1. The van der Waals surface area contributed by atoms with E-state index in [0.717, 1.165) is 25.3 Å². The monoisotopic (exact) mass is 467 g/mol. The first kappa shape index (κ1) is 20.5. The van der Waals surface area contributed by atoms with Gasteiger partial charge in [0.25, 0.3) is 15.9 Å². The van der Waals surface area contributed by atoms with E-state index in [0.29, 0.717) is 23.3 Å². The van der Waals surface area contributed by atoms with Gasteiger partial charge in [-0.15, -0.1) is 0 Å². The Hall–Kier alpha value is -2.26. The number of amidine groups is 1. The van der Waals surface area contributed by atoms with Gasteiger partial charge in [-0.2, -0.15) is 0 Å². The second kappa shape index (κ2) is 8.83. The summed E-state index contributed by atoms with van der Waals surface area (Å²) in [7, 11) is -3.82. The van der Waals surface area contributed by atoms with Crippen LogP contribution < -0.4 is 10.0 Å². The lowest BCUT2D eigenvalue weighted by molar-refractivity contribution is 0.102. The molecular weight excluding hydrogens is 449 g/mol. The molecule has 1 aliphatic rings. The SMILES string of the molecule is O=C(Nc1cccc(S(=O)(=O)NC2=NCCCCC2)c1)c1cc(F)ccc1Br. The third-order valence-electron chi connectivity index (χ3n) is 4.20. The molecule has 0 spiro atoms. The Bertz CT molecular complexity index is 1020. The fourth-order valence-electron chi connectivity index (χ4n) is 2.78. The van der Waals surface area contributed by atoms with E-state index in [1.807, 2.05) is 0 Å².